The summed E-state index contributed by atoms with van der Waals surface area (Å²) in [7, 11) is 0. The fourth-order valence-electron chi connectivity index (χ4n) is 13.8. The highest BCUT2D eigenvalue weighted by molar-refractivity contribution is 5.98. The lowest BCUT2D eigenvalue weighted by Gasteiger charge is -2.27. The van der Waals surface area contributed by atoms with E-state index < -0.39 is 243 Å². The summed E-state index contributed by atoms with van der Waals surface area (Å²) in [5, 5.41) is 209. The van der Waals surface area contributed by atoms with E-state index in [-0.39, 0.29) is 81.7 Å². The number of H-pyrrole nitrogens is 1. The zero-order valence-electron chi connectivity index (χ0n) is 67.3. The number of aliphatic hydroxyl groups excluding tert-OH is 14. The molecule has 1 fully saturated rings. The Labute approximate surface area is 708 Å². The number of carboxylic acids is 1. The van der Waals surface area contributed by atoms with Crippen LogP contribution in [0.5, 0.6) is 17.2 Å². The van der Waals surface area contributed by atoms with Gasteiger partial charge in [0.2, 0.25) is 76.7 Å². The van der Waals surface area contributed by atoms with Crippen molar-refractivity contribution in [2.45, 2.75) is 182 Å². The molecule has 1 aromatic heterocycles. The molecular formula is C84H98N16O24. The summed E-state index contributed by atoms with van der Waals surface area (Å²) in [6.45, 7) is -0.822. The molecule has 40 nitrogen and oxygen atoms in total. The second-order valence-corrected chi connectivity index (χ2v) is 29.6. The van der Waals surface area contributed by atoms with Crippen molar-refractivity contribution in [3.63, 3.8) is 0 Å². The molecule has 40 heteroatoms. The van der Waals surface area contributed by atoms with Gasteiger partial charge < -0.3 is 111 Å². The van der Waals surface area contributed by atoms with Gasteiger partial charge in [0.25, 0.3) is 0 Å². The molecule has 0 radical (unpaired) electrons. The van der Waals surface area contributed by atoms with Gasteiger partial charge in [-0.05, 0) is 116 Å². The Balaban J connectivity index is 1.19. The number of hydrogen-bond acceptors (Lipinski definition) is 23. The number of aliphatic carboxylic acids is 1. The summed E-state index contributed by atoms with van der Waals surface area (Å²) in [5.41, 5.74) is 2.60. The van der Waals surface area contributed by atoms with Crippen molar-refractivity contribution in [3.8, 4) is 17.2 Å². The number of aliphatic hydroxyl groups is 14. The molecule has 0 aliphatic carbocycles. The first kappa shape index (κ1) is 91.8. The van der Waals surface area contributed by atoms with Crippen molar-refractivity contribution in [1.82, 2.24) is 9.88 Å². The van der Waals surface area contributed by atoms with Crippen LogP contribution in [0.3, 0.4) is 0 Å². The monoisotopic (exact) mass is 1710 g/mol. The highest BCUT2D eigenvalue weighted by Crippen LogP contribution is 2.28. The number of nitrogens with one attached hydrogen (secondary N) is 1. The van der Waals surface area contributed by atoms with Crippen LogP contribution < -0.4 is 0 Å². The Hall–Kier alpha value is -14.5. The van der Waals surface area contributed by atoms with Gasteiger partial charge in [-0.3, -0.25) is 19.4 Å². The van der Waals surface area contributed by atoms with Gasteiger partial charge in [-0.15, -0.1) is 0 Å². The van der Waals surface area contributed by atoms with Gasteiger partial charge in [0, 0.05) is 75.6 Å². The van der Waals surface area contributed by atoms with Crippen LogP contribution in [0, 0.1) is 0 Å². The summed E-state index contributed by atoms with van der Waals surface area (Å²) in [5.74, 6) is -18.8. The number of aromatic amines is 1. The number of hydrogen-bond donors (Lipinski definition) is 19. The molecule has 4 aliphatic heterocycles. The number of carboxylic acid groups (broad SMARTS) is 1. The van der Waals surface area contributed by atoms with Gasteiger partial charge in [0.1, 0.15) is 97.4 Å². The molecule has 0 spiro atoms. The van der Waals surface area contributed by atoms with E-state index in [0.717, 1.165) is 6.92 Å². The molecule has 6 aromatic rings. The Morgan fingerprint density at radius 3 is 1.73 bits per heavy atom. The predicted molar refractivity (Wildman–Crippen MR) is 462 cm³/mol. The molecule has 13 unspecified atom stereocenters. The molecule has 19 N–H and O–H groups in total. The maximum absolute atomic E-state index is 15.5. The number of aromatic hydroxyl groups is 3. The van der Waals surface area contributed by atoms with Gasteiger partial charge in [0.15, 0.2) is 29.9 Å². The number of amides is 1. The number of carbonyl (C=O) groups excluding carboxylic acids is 3. The Bertz CT molecular complexity index is 5190. The predicted octanol–water partition coefficient (Wildman–Crippen LogP) is 8.59. The van der Waals surface area contributed by atoms with Gasteiger partial charge in [-0.25, -0.2) is 69.7 Å². The second kappa shape index (κ2) is 43.6. The summed E-state index contributed by atoms with van der Waals surface area (Å²) in [6, 6.07) is 10.1. The lowest BCUT2D eigenvalue weighted by Crippen LogP contribution is -2.46. The minimum absolute atomic E-state index is 0.0347. The summed E-state index contributed by atoms with van der Waals surface area (Å²) in [4.78, 5) is 122. The summed E-state index contributed by atoms with van der Waals surface area (Å²) in [6.07, 6.45) is -5.76. The number of aliphatic imine (C=N–C) groups is 14. The van der Waals surface area contributed by atoms with Gasteiger partial charge >= 0.3 is 17.9 Å². The Morgan fingerprint density at radius 1 is 0.516 bits per heavy atom. The van der Waals surface area contributed by atoms with Gasteiger partial charge in [-0.1, -0.05) is 84.9 Å². The molecule has 10 rings (SSSR count). The first-order valence-electron chi connectivity index (χ1n) is 39.7. The third-order valence-electron chi connectivity index (χ3n) is 20.2. The highest BCUT2D eigenvalue weighted by Gasteiger charge is 2.40. The highest BCUT2D eigenvalue weighted by atomic mass is 16.5. The van der Waals surface area contributed by atoms with Crippen LogP contribution in [0.2, 0.25) is 0 Å². The van der Waals surface area contributed by atoms with Gasteiger partial charge in [0.05, 0.1) is 12.8 Å². The number of carbonyl (C=O) groups is 4. The van der Waals surface area contributed by atoms with Crippen LogP contribution in [0.1, 0.15) is 99.5 Å². The maximum Gasteiger partial charge on any atom is 0.328 e. The standard InChI is InChI=1S/C84H98N16O24/c1-44-72(99-69(107)42-87-68(106)41-88-73(110)58(89-45(2)101)34-47-17-23-51(102)24-18-47)82(119)95-59(33-46-11-4-3-5-12-46)76(113)90-56-15-8-9-31-85-67(105)38-61(78(115)97-64(84(121)122)36-49-21-27-53(104)28-22-49)93-75(112)57-29-30-70(108)123-43-65(98-81(118)66-16-10-32-100(66)83(120)63(96-74(56)111)35-48-19-25-52(103)26-20-48)80(117)94-62(39-71(109)124-44)79(116)92-60(77(114)91-57)37-50-40-86-55-14-7-6-13-54(50)55/h3-7,11-14,17-28,40,44,56-66,72,86,102-104H,8-10,15-16,29-39,41-43H2,1-2H3,(H,85,105)(H,87,106)(H,88,110)(H,89,101)(H,90,113)(H,91,114)(H,92,116)(H,93,112)(H,94,117)(H,95,119)(H,96,111)(H,97,115)(H,98,118)(H,99,107)(H,121,122). The number of esters is 2. The molecule has 124 heavy (non-hydrogen) atoms. The van der Waals surface area contributed by atoms with E-state index in [2.05, 4.69) is 74.9 Å². The molecule has 4 aliphatic rings. The number of nitrogens with zero attached hydrogens (tertiary/aromatic N) is 15. The van der Waals surface area contributed by atoms with Crippen LogP contribution in [-0.2, 0) is 60.8 Å². The number of phenols is 3. The van der Waals surface area contributed by atoms with Crippen LogP contribution in [-0.4, -0.2) is 320 Å². The minimum Gasteiger partial charge on any atom is -0.508 e. The van der Waals surface area contributed by atoms with E-state index in [0.29, 0.717) is 38.7 Å². The van der Waals surface area contributed by atoms with Crippen LogP contribution in [0.15, 0.2) is 203 Å². The van der Waals surface area contributed by atoms with Crippen molar-refractivity contribution >= 4 is 117 Å². The number of aromatic nitrogens is 1. The topological polar surface area (TPSA) is 643 Å². The quantitative estimate of drug-likeness (QED) is 0.0193. The number of phenolic OH excluding ortho intramolecular Hbond substituents is 3. The Morgan fingerprint density at radius 2 is 1.06 bits per heavy atom. The molecule has 13 atom stereocenters. The zero-order valence-corrected chi connectivity index (χ0v) is 67.3. The minimum atomic E-state index is -2.23. The van der Waals surface area contributed by atoms with Gasteiger partial charge in [-0.2, -0.15) is 0 Å². The zero-order chi connectivity index (χ0) is 89.3. The average molecular weight is 1720 g/mol. The normalized spacial score (nSPS) is 24.2. The smallest absolute Gasteiger partial charge is 0.328 e. The lowest BCUT2D eigenvalue weighted by atomic mass is 10.0. The first-order chi connectivity index (χ1) is 59.3. The summed E-state index contributed by atoms with van der Waals surface area (Å²) < 4.78 is 11.6. The molecule has 658 valence electrons. The average Bonchev–Trinajstić information content (AvgIpc) is 1.63. The third-order valence-corrected chi connectivity index (χ3v) is 20.2. The van der Waals surface area contributed by atoms with Crippen molar-refractivity contribution in [2.24, 2.45) is 69.9 Å². The largest absolute Gasteiger partial charge is 0.508 e. The SMILES string of the molecule is CC(O)=NC(Cc1ccc(O)cc1)C(O)=NCC(O)=NCC(O)=NC1C(O)=NC(Cc2ccccc2)C(O)=NC2CCCCN=C(O)CC(C(O)=NC(Cc3ccc(O)cc3)C(=O)O)N=C(O)C3CCC(=O)OCC(N=C(O)C4CCCN4C(=O)C(Cc4ccc(O)cc4)N=C2O)C(O)=NC(CC(=O)OC1C)C(O)=NC(Cc1c[nH]c2ccccc12)C(O)=N3. The molecular weight excluding hydrogens is 1620 g/mol. The van der Waals surface area contributed by atoms with Crippen LogP contribution in [0.25, 0.3) is 10.9 Å². The van der Waals surface area contributed by atoms with E-state index >= 15 is 9.59 Å². The van der Waals surface area contributed by atoms with E-state index in [1.807, 2.05) is 0 Å². The fourth-order valence-corrected chi connectivity index (χ4v) is 13.8. The number of cyclic esters (lactones) is 1. The van der Waals surface area contributed by atoms with Crippen molar-refractivity contribution in [2.75, 3.05) is 32.8 Å². The maximum atomic E-state index is 15.5. The number of rotatable bonds is 20. The van der Waals surface area contributed by atoms with Crippen molar-refractivity contribution in [3.05, 3.63) is 161 Å². The van der Waals surface area contributed by atoms with Crippen LogP contribution >= 0.6 is 0 Å². The van der Waals surface area contributed by atoms with E-state index in [1.54, 1.807) is 54.6 Å². The van der Waals surface area contributed by atoms with E-state index in [9.17, 15) is 102 Å². The molecule has 5 aromatic carbocycles. The lowest BCUT2D eigenvalue weighted by molar-refractivity contribution is -0.148. The van der Waals surface area contributed by atoms with E-state index in [4.69, 9.17) is 9.47 Å². The molecule has 1 saturated heterocycles. The number of benzene rings is 5. The third kappa shape index (κ3) is 26.7. The molecule has 0 saturated carbocycles. The van der Waals surface area contributed by atoms with Crippen molar-refractivity contribution in [1.29, 1.82) is 0 Å². The Kier molecular flexibility index (Phi) is 32.3. The molecule has 1 amide bonds. The number of fused-ring (bicyclic) bond motifs is 10. The van der Waals surface area contributed by atoms with Crippen LogP contribution in [0.4, 0.5) is 0 Å². The number of para-hydroxylation sites is 1. The van der Waals surface area contributed by atoms with E-state index in [1.165, 1.54) is 90.8 Å². The second-order valence-electron chi connectivity index (χ2n) is 29.6. The fraction of sp³-hybridized carbons (Fsp3) is 0.405. The first-order valence-corrected chi connectivity index (χ1v) is 39.7. The molecule has 4 bridgehead atoms. The van der Waals surface area contributed by atoms with Crippen molar-refractivity contribution < 1.29 is 121 Å². The number of ether oxygens (including phenoxy) is 2. The molecule has 5 heterocycles. The summed E-state index contributed by atoms with van der Waals surface area (Å²) >= 11 is 0.